The zero-order valence-electron chi connectivity index (χ0n) is 5.56. The predicted octanol–water partition coefficient (Wildman–Crippen LogP) is 2.67. The second-order valence-electron chi connectivity index (χ2n) is 1.74. The van der Waals surface area contributed by atoms with Gasteiger partial charge >= 0.3 is 0 Å². The van der Waals surface area contributed by atoms with Gasteiger partial charge in [0.1, 0.15) is 9.21 Å². The van der Waals surface area contributed by atoms with Crippen LogP contribution in [0.2, 0.25) is 0 Å². The highest BCUT2D eigenvalue weighted by atomic mass is 79.9. The molecular weight excluding hydrogens is 280 g/mol. The van der Waals surface area contributed by atoms with E-state index in [4.69, 9.17) is 0 Å². The van der Waals surface area contributed by atoms with Gasteiger partial charge in [-0.1, -0.05) is 11.8 Å². The van der Waals surface area contributed by atoms with Crippen molar-refractivity contribution >= 4 is 43.6 Å². The van der Waals surface area contributed by atoms with Gasteiger partial charge in [0, 0.05) is 7.05 Å². The minimum absolute atomic E-state index is 0.861. The van der Waals surface area contributed by atoms with Gasteiger partial charge in [-0.05, 0) is 38.1 Å². The molecule has 1 rings (SSSR count). The molecule has 0 bridgehead atoms. The Hall–Kier alpha value is 0.520. The minimum Gasteiger partial charge on any atom is -0.316 e. The van der Waals surface area contributed by atoms with Gasteiger partial charge in [0.2, 0.25) is 0 Å². The molecule has 0 amide bonds. The molecule has 0 aromatic carbocycles. The first-order valence-electron chi connectivity index (χ1n) is 2.58. The van der Waals surface area contributed by atoms with Gasteiger partial charge in [-0.25, -0.2) is 4.98 Å². The number of aromatic nitrogens is 2. The second-order valence-corrected chi connectivity index (χ2v) is 4.01. The van der Waals surface area contributed by atoms with Crippen LogP contribution in [0.25, 0.3) is 0 Å². The van der Waals surface area contributed by atoms with E-state index in [1.54, 1.807) is 11.8 Å². The smallest absolute Gasteiger partial charge is 0.169 e. The number of hydrogen-bond acceptors (Lipinski definition) is 2. The van der Waals surface area contributed by atoms with E-state index in [0.717, 1.165) is 14.4 Å². The summed E-state index contributed by atoms with van der Waals surface area (Å²) in [4.78, 5) is 4.22. The lowest BCUT2D eigenvalue weighted by molar-refractivity contribution is 0.776. The van der Waals surface area contributed by atoms with Crippen molar-refractivity contribution < 1.29 is 0 Å². The van der Waals surface area contributed by atoms with E-state index < -0.39 is 0 Å². The van der Waals surface area contributed by atoms with Crippen molar-refractivity contribution in [2.75, 3.05) is 6.26 Å². The van der Waals surface area contributed by atoms with E-state index in [2.05, 4.69) is 36.8 Å². The van der Waals surface area contributed by atoms with Crippen LogP contribution < -0.4 is 0 Å². The fourth-order valence-electron chi connectivity index (χ4n) is 0.610. The molecule has 0 aliphatic heterocycles. The Kier molecular flexibility index (Phi) is 2.82. The lowest BCUT2D eigenvalue weighted by Crippen LogP contribution is -1.88. The summed E-state index contributed by atoms with van der Waals surface area (Å²) in [7, 11) is 1.97. The van der Waals surface area contributed by atoms with Gasteiger partial charge < -0.3 is 4.57 Å². The first-order valence-corrected chi connectivity index (χ1v) is 5.39. The summed E-state index contributed by atoms with van der Waals surface area (Å²) in [5, 5.41) is 0.999. The maximum absolute atomic E-state index is 4.22. The SMILES string of the molecule is CSc1nc(Br)c(Br)n1C. The standard InChI is InChI=1S/C5H6Br2N2S/c1-9-4(7)3(6)8-5(9)10-2/h1-2H3. The molecule has 5 heteroatoms. The Bertz CT molecular complexity index is 246. The third-order valence-corrected chi connectivity index (χ3v) is 3.85. The third kappa shape index (κ3) is 1.40. The van der Waals surface area contributed by atoms with Crippen LogP contribution in [0.15, 0.2) is 14.4 Å². The molecule has 2 nitrogen and oxygen atoms in total. The topological polar surface area (TPSA) is 17.8 Å². The fraction of sp³-hybridized carbons (Fsp3) is 0.400. The average molecular weight is 286 g/mol. The molecule has 1 heterocycles. The van der Waals surface area contributed by atoms with Crippen LogP contribution in [0.1, 0.15) is 0 Å². The summed E-state index contributed by atoms with van der Waals surface area (Å²) in [5.74, 6) is 0. The molecule has 10 heavy (non-hydrogen) atoms. The Balaban J connectivity index is 3.17. The fourth-order valence-corrected chi connectivity index (χ4v) is 2.08. The Morgan fingerprint density at radius 1 is 1.50 bits per heavy atom. The predicted molar refractivity (Wildman–Crippen MR) is 50.4 cm³/mol. The number of nitrogens with zero attached hydrogens (tertiary/aromatic N) is 2. The van der Waals surface area contributed by atoms with Gasteiger partial charge in [0.25, 0.3) is 0 Å². The van der Waals surface area contributed by atoms with Gasteiger partial charge in [0.05, 0.1) is 0 Å². The molecule has 0 aliphatic rings. The van der Waals surface area contributed by atoms with Crippen LogP contribution in [0.3, 0.4) is 0 Å². The highest BCUT2D eigenvalue weighted by Crippen LogP contribution is 2.26. The van der Waals surface area contributed by atoms with Crippen molar-refractivity contribution in [1.29, 1.82) is 0 Å². The van der Waals surface area contributed by atoms with Crippen LogP contribution in [-0.4, -0.2) is 15.8 Å². The summed E-state index contributed by atoms with van der Waals surface area (Å²) in [5.41, 5.74) is 0. The maximum atomic E-state index is 4.22. The molecule has 1 aromatic heterocycles. The molecule has 0 N–H and O–H groups in total. The molecule has 0 fully saturated rings. The summed E-state index contributed by atoms with van der Waals surface area (Å²) >= 11 is 8.32. The van der Waals surface area contributed by atoms with Crippen LogP contribution in [-0.2, 0) is 7.05 Å². The van der Waals surface area contributed by atoms with Crippen molar-refractivity contribution in [3.05, 3.63) is 9.21 Å². The molecule has 0 radical (unpaired) electrons. The monoisotopic (exact) mass is 284 g/mol. The molecule has 0 saturated heterocycles. The molecule has 0 spiro atoms. The summed E-state index contributed by atoms with van der Waals surface area (Å²) in [6.45, 7) is 0. The van der Waals surface area contributed by atoms with Crippen molar-refractivity contribution in [1.82, 2.24) is 9.55 Å². The Morgan fingerprint density at radius 2 is 2.10 bits per heavy atom. The summed E-state index contributed by atoms with van der Waals surface area (Å²) < 4.78 is 3.82. The van der Waals surface area contributed by atoms with Crippen molar-refractivity contribution in [2.45, 2.75) is 5.16 Å². The lowest BCUT2D eigenvalue weighted by atomic mass is 10.9. The number of imidazole rings is 1. The Morgan fingerprint density at radius 3 is 2.30 bits per heavy atom. The number of rotatable bonds is 1. The van der Waals surface area contributed by atoms with Crippen LogP contribution in [0, 0.1) is 0 Å². The highest BCUT2D eigenvalue weighted by Gasteiger charge is 2.07. The van der Waals surface area contributed by atoms with Crippen molar-refractivity contribution in [3.63, 3.8) is 0 Å². The van der Waals surface area contributed by atoms with E-state index in [9.17, 15) is 0 Å². The van der Waals surface area contributed by atoms with Crippen LogP contribution in [0.4, 0.5) is 0 Å². The largest absolute Gasteiger partial charge is 0.316 e. The first kappa shape index (κ1) is 8.62. The van der Waals surface area contributed by atoms with E-state index in [0.29, 0.717) is 0 Å². The second kappa shape index (κ2) is 3.28. The van der Waals surface area contributed by atoms with E-state index in [-0.39, 0.29) is 0 Å². The van der Waals surface area contributed by atoms with Crippen LogP contribution >= 0.6 is 43.6 Å². The van der Waals surface area contributed by atoms with Crippen molar-refractivity contribution in [2.24, 2.45) is 7.05 Å². The zero-order valence-corrected chi connectivity index (χ0v) is 9.55. The average Bonchev–Trinajstić information content (AvgIpc) is 2.17. The van der Waals surface area contributed by atoms with Crippen molar-refractivity contribution in [3.8, 4) is 0 Å². The lowest BCUT2D eigenvalue weighted by Gasteiger charge is -1.95. The molecule has 0 atom stereocenters. The molecule has 0 aliphatic carbocycles. The quantitative estimate of drug-likeness (QED) is 0.739. The molecular formula is C5H6Br2N2S. The number of thioether (sulfide) groups is 1. The van der Waals surface area contributed by atoms with E-state index >= 15 is 0 Å². The number of halogens is 2. The van der Waals surface area contributed by atoms with Gasteiger partial charge in [-0.2, -0.15) is 0 Å². The van der Waals surface area contributed by atoms with E-state index in [1.807, 2.05) is 17.9 Å². The third-order valence-electron chi connectivity index (χ3n) is 1.13. The van der Waals surface area contributed by atoms with E-state index in [1.165, 1.54) is 0 Å². The Labute approximate surface area is 80.7 Å². The molecule has 1 aromatic rings. The first-order chi connectivity index (χ1) is 4.66. The molecule has 0 saturated carbocycles. The normalized spacial score (nSPS) is 10.4. The minimum atomic E-state index is 0.861. The summed E-state index contributed by atoms with van der Waals surface area (Å²) in [6, 6.07) is 0. The van der Waals surface area contributed by atoms with Gasteiger partial charge in [-0.15, -0.1) is 0 Å². The van der Waals surface area contributed by atoms with Crippen LogP contribution in [0.5, 0.6) is 0 Å². The zero-order chi connectivity index (χ0) is 7.72. The summed E-state index contributed by atoms with van der Waals surface area (Å²) in [6.07, 6.45) is 2.00. The van der Waals surface area contributed by atoms with Gasteiger partial charge in [-0.3, -0.25) is 0 Å². The maximum Gasteiger partial charge on any atom is 0.169 e. The highest BCUT2D eigenvalue weighted by molar-refractivity contribution is 9.13. The van der Waals surface area contributed by atoms with Gasteiger partial charge in [0.15, 0.2) is 5.16 Å². The molecule has 56 valence electrons. The number of hydrogen-bond donors (Lipinski definition) is 0. The molecule has 0 unspecified atom stereocenters.